The molecule has 3 aliphatic rings. The van der Waals surface area contributed by atoms with Gasteiger partial charge >= 0.3 is 6.03 Å². The second-order valence-corrected chi connectivity index (χ2v) is 9.50. The van der Waals surface area contributed by atoms with Crippen molar-refractivity contribution in [3.8, 4) is 6.07 Å². The van der Waals surface area contributed by atoms with Gasteiger partial charge in [-0.25, -0.2) is 13.6 Å². The smallest absolute Gasteiger partial charge is 0.317 e. The standard InChI is InChI=1S/C23H28F2N4O2/c24-23(25,17-2-11-27-12-3-17)4-1-18(19(30)15-22(16-26)7-8-22)28-20(31)29-13-9-21(5-6-21)10-14-29/h2-3,11-12,18H,1,4-10,13-15H2,(H,28,31)/t18-/m0/s1. The summed E-state index contributed by atoms with van der Waals surface area (Å²) in [5.41, 5.74) is -0.442. The molecule has 3 fully saturated rings. The Balaban J connectivity index is 1.40. The zero-order valence-electron chi connectivity index (χ0n) is 17.6. The monoisotopic (exact) mass is 430 g/mol. The molecule has 1 spiro atoms. The van der Waals surface area contributed by atoms with E-state index in [0.29, 0.717) is 31.3 Å². The minimum Gasteiger partial charge on any atom is -0.328 e. The molecule has 2 saturated carbocycles. The van der Waals surface area contributed by atoms with Crippen molar-refractivity contribution in [3.05, 3.63) is 30.1 Å². The molecule has 2 aliphatic carbocycles. The van der Waals surface area contributed by atoms with E-state index in [1.165, 1.54) is 37.4 Å². The third-order valence-electron chi connectivity index (χ3n) is 7.21. The van der Waals surface area contributed by atoms with Crippen molar-refractivity contribution >= 4 is 11.8 Å². The Hall–Kier alpha value is -2.56. The van der Waals surface area contributed by atoms with E-state index in [1.54, 1.807) is 4.90 Å². The highest BCUT2D eigenvalue weighted by Gasteiger charge is 2.47. The van der Waals surface area contributed by atoms with Crippen LogP contribution in [0.25, 0.3) is 0 Å². The lowest BCUT2D eigenvalue weighted by Gasteiger charge is -2.33. The third-order valence-corrected chi connectivity index (χ3v) is 7.21. The Kier molecular flexibility index (Phi) is 5.71. The van der Waals surface area contributed by atoms with Gasteiger partial charge in [0.1, 0.15) is 0 Å². The number of nitrogens with zero attached hydrogens (tertiary/aromatic N) is 3. The number of nitriles is 1. The van der Waals surface area contributed by atoms with E-state index in [2.05, 4.69) is 16.4 Å². The Bertz CT molecular complexity index is 865. The summed E-state index contributed by atoms with van der Waals surface area (Å²) in [5, 5.41) is 12.0. The van der Waals surface area contributed by atoms with Crippen LogP contribution in [0.1, 0.15) is 63.4 Å². The molecule has 8 heteroatoms. The molecule has 0 unspecified atom stereocenters. The molecule has 0 aromatic carbocycles. The van der Waals surface area contributed by atoms with Gasteiger partial charge in [-0.05, 0) is 62.5 Å². The first-order valence-corrected chi connectivity index (χ1v) is 11.0. The molecule has 1 aromatic heterocycles. The van der Waals surface area contributed by atoms with Gasteiger partial charge in [0.25, 0.3) is 5.92 Å². The average Bonchev–Trinajstić information content (AvgIpc) is 3.70. The molecule has 0 radical (unpaired) electrons. The van der Waals surface area contributed by atoms with E-state index in [1.807, 2.05) is 0 Å². The minimum atomic E-state index is -3.14. The molecule has 166 valence electrons. The van der Waals surface area contributed by atoms with E-state index in [-0.39, 0.29) is 30.2 Å². The van der Waals surface area contributed by atoms with Crippen molar-refractivity contribution in [2.75, 3.05) is 13.1 Å². The molecule has 4 rings (SSSR count). The number of pyridine rings is 1. The van der Waals surface area contributed by atoms with Crippen LogP contribution in [0.5, 0.6) is 0 Å². The highest BCUT2D eigenvalue weighted by molar-refractivity contribution is 5.89. The van der Waals surface area contributed by atoms with Gasteiger partial charge < -0.3 is 10.2 Å². The van der Waals surface area contributed by atoms with E-state index in [4.69, 9.17) is 0 Å². The van der Waals surface area contributed by atoms with Crippen molar-refractivity contribution < 1.29 is 18.4 Å². The molecule has 0 bridgehead atoms. The number of hydrogen-bond acceptors (Lipinski definition) is 4. The summed E-state index contributed by atoms with van der Waals surface area (Å²) in [7, 11) is 0. The fraction of sp³-hybridized carbons (Fsp3) is 0.652. The number of urea groups is 1. The lowest BCUT2D eigenvalue weighted by atomic mass is 9.92. The van der Waals surface area contributed by atoms with Gasteiger partial charge in [-0.3, -0.25) is 9.78 Å². The van der Waals surface area contributed by atoms with Crippen LogP contribution in [0, 0.1) is 22.2 Å². The molecular formula is C23H28F2N4O2. The predicted octanol–water partition coefficient (Wildman–Crippen LogP) is 4.17. The second kappa shape index (κ2) is 8.18. The summed E-state index contributed by atoms with van der Waals surface area (Å²) < 4.78 is 29.3. The highest BCUT2D eigenvalue weighted by atomic mass is 19.3. The average molecular weight is 430 g/mol. The van der Waals surface area contributed by atoms with Crippen molar-refractivity contribution in [3.63, 3.8) is 0 Å². The van der Waals surface area contributed by atoms with Crippen LogP contribution in [0.3, 0.4) is 0 Å². The van der Waals surface area contributed by atoms with Gasteiger partial charge in [0.15, 0.2) is 5.78 Å². The fourth-order valence-corrected chi connectivity index (χ4v) is 4.42. The molecule has 31 heavy (non-hydrogen) atoms. The second-order valence-electron chi connectivity index (χ2n) is 9.50. The van der Waals surface area contributed by atoms with Gasteiger partial charge in [-0.15, -0.1) is 0 Å². The van der Waals surface area contributed by atoms with Crippen LogP contribution >= 0.6 is 0 Å². The molecule has 1 N–H and O–H groups in total. The number of rotatable bonds is 8. The highest BCUT2D eigenvalue weighted by Crippen LogP contribution is 2.53. The van der Waals surface area contributed by atoms with Crippen LogP contribution in [0.2, 0.25) is 0 Å². The number of hydrogen-bond donors (Lipinski definition) is 1. The number of alkyl halides is 2. The van der Waals surface area contributed by atoms with Gasteiger partial charge in [0, 0.05) is 43.9 Å². The number of Topliss-reactive ketones (excluding diaryl/α,β-unsaturated/α-hetero) is 1. The number of aromatic nitrogens is 1. The van der Waals surface area contributed by atoms with E-state index < -0.39 is 23.8 Å². The number of amides is 2. The van der Waals surface area contributed by atoms with Gasteiger partial charge in [0.05, 0.1) is 17.5 Å². The summed E-state index contributed by atoms with van der Waals surface area (Å²) >= 11 is 0. The molecule has 2 amide bonds. The van der Waals surface area contributed by atoms with Crippen LogP contribution in [0.4, 0.5) is 13.6 Å². The SMILES string of the molecule is N#CC1(CC(=O)[C@H](CCC(F)(F)c2ccncc2)NC(=O)N2CCC3(CC2)CC3)CC1. The lowest BCUT2D eigenvalue weighted by Crippen LogP contribution is -2.50. The first-order chi connectivity index (χ1) is 14.8. The van der Waals surface area contributed by atoms with Gasteiger partial charge in [0.2, 0.25) is 0 Å². The van der Waals surface area contributed by atoms with Crippen LogP contribution in [0.15, 0.2) is 24.5 Å². The maximum Gasteiger partial charge on any atom is 0.317 e. The molecular weight excluding hydrogens is 402 g/mol. The molecule has 6 nitrogen and oxygen atoms in total. The quantitative estimate of drug-likeness (QED) is 0.671. The molecule has 1 aromatic rings. The third kappa shape index (κ3) is 5.03. The Morgan fingerprint density at radius 1 is 1.16 bits per heavy atom. The number of halogens is 2. The normalized spacial score (nSPS) is 21.8. The number of piperidine rings is 1. The van der Waals surface area contributed by atoms with E-state index in [0.717, 1.165) is 12.8 Å². The summed E-state index contributed by atoms with van der Waals surface area (Å²) in [5.74, 6) is -3.48. The van der Waals surface area contributed by atoms with Crippen LogP contribution < -0.4 is 5.32 Å². The summed E-state index contributed by atoms with van der Waals surface area (Å²) in [4.78, 5) is 31.1. The maximum absolute atomic E-state index is 14.7. The van der Waals surface area contributed by atoms with E-state index >= 15 is 0 Å². The minimum absolute atomic E-state index is 0.00160. The number of nitrogens with one attached hydrogen (secondary N) is 1. The molecule has 1 atom stereocenters. The first-order valence-electron chi connectivity index (χ1n) is 11.0. The number of likely N-dealkylation sites (tertiary alicyclic amines) is 1. The maximum atomic E-state index is 14.7. The summed E-state index contributed by atoms with van der Waals surface area (Å²) in [6, 6.07) is 3.28. The summed E-state index contributed by atoms with van der Waals surface area (Å²) in [6.45, 7) is 1.25. The Morgan fingerprint density at radius 3 is 2.35 bits per heavy atom. The van der Waals surface area contributed by atoms with Crippen LogP contribution in [-0.2, 0) is 10.7 Å². The van der Waals surface area contributed by atoms with Crippen LogP contribution in [-0.4, -0.2) is 40.8 Å². The number of carbonyl (C=O) groups excluding carboxylic acids is 2. The number of ketones is 1. The molecule has 1 saturated heterocycles. The summed E-state index contributed by atoms with van der Waals surface area (Å²) in [6.07, 6.45) is 7.46. The van der Waals surface area contributed by atoms with Gasteiger partial charge in [-0.2, -0.15) is 5.26 Å². The topological polar surface area (TPSA) is 86.1 Å². The molecule has 2 heterocycles. The Morgan fingerprint density at radius 2 is 1.81 bits per heavy atom. The largest absolute Gasteiger partial charge is 0.328 e. The van der Waals surface area contributed by atoms with Crippen molar-refractivity contribution in [2.24, 2.45) is 10.8 Å². The van der Waals surface area contributed by atoms with Crippen molar-refractivity contribution in [2.45, 2.75) is 69.8 Å². The lowest BCUT2D eigenvalue weighted by molar-refractivity contribution is -0.122. The number of carbonyl (C=O) groups is 2. The molecule has 1 aliphatic heterocycles. The van der Waals surface area contributed by atoms with Crippen molar-refractivity contribution in [1.29, 1.82) is 5.26 Å². The zero-order chi connectivity index (χ0) is 22.1. The predicted molar refractivity (Wildman–Crippen MR) is 109 cm³/mol. The Labute approximate surface area is 181 Å². The van der Waals surface area contributed by atoms with E-state index in [9.17, 15) is 23.6 Å². The van der Waals surface area contributed by atoms with Crippen molar-refractivity contribution in [1.82, 2.24) is 15.2 Å². The van der Waals surface area contributed by atoms with Gasteiger partial charge in [-0.1, -0.05) is 0 Å². The first kappa shape index (κ1) is 21.7. The zero-order valence-corrected chi connectivity index (χ0v) is 17.6. The fourth-order valence-electron chi connectivity index (χ4n) is 4.42.